The van der Waals surface area contributed by atoms with Gasteiger partial charge >= 0.3 is 0 Å². The summed E-state index contributed by atoms with van der Waals surface area (Å²) in [4.78, 5) is 34.3. The molecule has 1 aliphatic rings. The van der Waals surface area contributed by atoms with Gasteiger partial charge in [-0.2, -0.15) is 0 Å². The highest BCUT2D eigenvalue weighted by molar-refractivity contribution is 7.99. The average Bonchev–Trinajstić information content (AvgIpc) is 3.32. The van der Waals surface area contributed by atoms with Crippen molar-refractivity contribution in [2.45, 2.75) is 31.6 Å². The molecule has 2 N–H and O–H groups in total. The maximum absolute atomic E-state index is 12.5. The predicted molar refractivity (Wildman–Crippen MR) is 120 cm³/mol. The summed E-state index contributed by atoms with van der Waals surface area (Å²) in [6.45, 7) is 0.349. The Bertz CT molecular complexity index is 1140. The van der Waals surface area contributed by atoms with E-state index in [1.54, 1.807) is 25.6 Å². The third-order valence-corrected chi connectivity index (χ3v) is 7.19. The van der Waals surface area contributed by atoms with Crippen molar-refractivity contribution in [3.63, 3.8) is 0 Å². The first-order valence-electron chi connectivity index (χ1n) is 9.68. The molecule has 0 aliphatic heterocycles. The molecule has 0 unspecified atom stereocenters. The second kappa shape index (κ2) is 9.09. The second-order valence-corrected chi connectivity index (χ2v) is 9.04. The van der Waals surface area contributed by atoms with Crippen molar-refractivity contribution in [3.05, 3.63) is 50.4 Å². The maximum atomic E-state index is 12.5. The molecule has 3 aromatic rings. The number of H-pyrrole nitrogens is 1. The molecule has 0 saturated heterocycles. The van der Waals surface area contributed by atoms with Crippen molar-refractivity contribution in [2.75, 3.05) is 20.0 Å². The minimum absolute atomic E-state index is 0.0652. The number of hydrogen-bond acceptors (Lipinski definition) is 7. The summed E-state index contributed by atoms with van der Waals surface area (Å²) < 4.78 is 10.7. The molecule has 0 spiro atoms. The van der Waals surface area contributed by atoms with E-state index in [1.165, 1.54) is 22.2 Å². The topological polar surface area (TPSA) is 93.3 Å². The highest BCUT2D eigenvalue weighted by Gasteiger charge is 2.21. The third-order valence-electron chi connectivity index (χ3n) is 5.06. The van der Waals surface area contributed by atoms with Gasteiger partial charge in [0.25, 0.3) is 5.56 Å². The zero-order valence-corrected chi connectivity index (χ0v) is 18.5. The summed E-state index contributed by atoms with van der Waals surface area (Å²) >= 11 is 3.04. The molecule has 30 heavy (non-hydrogen) atoms. The zero-order valence-electron chi connectivity index (χ0n) is 16.9. The number of aryl methyl sites for hydroxylation is 2. The highest BCUT2D eigenvalue weighted by Crippen LogP contribution is 2.34. The van der Waals surface area contributed by atoms with Crippen LogP contribution in [0.5, 0.6) is 11.5 Å². The van der Waals surface area contributed by atoms with Crippen LogP contribution in [0.25, 0.3) is 10.2 Å². The first-order valence-corrected chi connectivity index (χ1v) is 11.7. The van der Waals surface area contributed by atoms with Crippen LogP contribution in [0.2, 0.25) is 0 Å². The van der Waals surface area contributed by atoms with Crippen LogP contribution in [-0.4, -0.2) is 35.8 Å². The van der Waals surface area contributed by atoms with Crippen LogP contribution in [0.4, 0.5) is 0 Å². The van der Waals surface area contributed by atoms with E-state index in [4.69, 9.17) is 9.47 Å². The van der Waals surface area contributed by atoms with Gasteiger partial charge in [0.1, 0.15) is 10.7 Å². The summed E-state index contributed by atoms with van der Waals surface area (Å²) in [5, 5.41) is 3.65. The number of carbonyl (C=O) groups is 1. The Labute approximate surface area is 182 Å². The number of aromatic nitrogens is 2. The number of ether oxygens (including phenoxy) is 2. The molecule has 7 nitrogen and oxygen atoms in total. The van der Waals surface area contributed by atoms with E-state index in [1.807, 2.05) is 18.2 Å². The van der Waals surface area contributed by atoms with Gasteiger partial charge in [-0.1, -0.05) is 12.1 Å². The minimum atomic E-state index is -0.0941. The third kappa shape index (κ3) is 4.17. The monoisotopic (exact) mass is 445 g/mol. The number of thiophene rings is 1. The molecule has 0 radical (unpaired) electrons. The SMILES string of the molecule is COc1cccc(CNC(=O)CSCc2nc3sc4c(c3c(=O)[nH]2)CCC4)c1OC. The van der Waals surface area contributed by atoms with Crippen molar-refractivity contribution < 1.29 is 14.3 Å². The zero-order chi connectivity index (χ0) is 21.1. The van der Waals surface area contributed by atoms with Crippen LogP contribution >= 0.6 is 23.1 Å². The van der Waals surface area contributed by atoms with Gasteiger partial charge in [-0.15, -0.1) is 23.1 Å². The first kappa shape index (κ1) is 20.7. The lowest BCUT2D eigenvalue weighted by atomic mass is 10.2. The highest BCUT2D eigenvalue weighted by atomic mass is 32.2. The van der Waals surface area contributed by atoms with Gasteiger partial charge in [0.15, 0.2) is 11.5 Å². The summed E-state index contributed by atoms with van der Waals surface area (Å²) in [6, 6.07) is 5.56. The number of benzene rings is 1. The van der Waals surface area contributed by atoms with E-state index in [0.717, 1.165) is 35.0 Å². The van der Waals surface area contributed by atoms with Crippen LogP contribution in [0, 0.1) is 0 Å². The summed E-state index contributed by atoms with van der Waals surface area (Å²) in [5.74, 6) is 2.51. The molecular weight excluding hydrogens is 422 g/mol. The molecule has 0 atom stereocenters. The average molecular weight is 446 g/mol. The Kier molecular flexibility index (Phi) is 6.29. The Morgan fingerprint density at radius 3 is 2.97 bits per heavy atom. The normalized spacial score (nSPS) is 12.7. The molecule has 0 saturated carbocycles. The quantitative estimate of drug-likeness (QED) is 0.554. The van der Waals surface area contributed by atoms with Gasteiger partial charge in [0.2, 0.25) is 5.91 Å². The maximum Gasteiger partial charge on any atom is 0.259 e. The lowest BCUT2D eigenvalue weighted by molar-refractivity contribution is -0.118. The Morgan fingerprint density at radius 1 is 1.30 bits per heavy atom. The number of rotatable bonds is 8. The Hall–Kier alpha value is -2.52. The summed E-state index contributed by atoms with van der Waals surface area (Å²) in [6.07, 6.45) is 3.12. The smallest absolute Gasteiger partial charge is 0.259 e. The fourth-order valence-electron chi connectivity index (χ4n) is 3.69. The molecule has 2 aromatic heterocycles. The van der Waals surface area contributed by atoms with Crippen molar-refractivity contribution in [1.82, 2.24) is 15.3 Å². The molecule has 158 valence electrons. The van der Waals surface area contributed by atoms with Crippen molar-refractivity contribution in [3.8, 4) is 11.5 Å². The predicted octanol–water partition coefficient (Wildman–Crippen LogP) is 3.04. The number of aromatic amines is 1. The lowest BCUT2D eigenvalue weighted by Gasteiger charge is -2.13. The van der Waals surface area contributed by atoms with Gasteiger partial charge in [-0.05, 0) is 30.9 Å². The fraction of sp³-hybridized carbons (Fsp3) is 0.381. The van der Waals surface area contributed by atoms with Gasteiger partial charge in [-0.3, -0.25) is 9.59 Å². The number of fused-ring (bicyclic) bond motifs is 3. The van der Waals surface area contributed by atoms with Crippen molar-refractivity contribution >= 4 is 39.2 Å². The van der Waals surface area contributed by atoms with Crippen LogP contribution in [0.1, 0.15) is 28.2 Å². The van der Waals surface area contributed by atoms with Crippen LogP contribution in [0.15, 0.2) is 23.0 Å². The number of amides is 1. The number of methoxy groups -OCH3 is 2. The standard InChI is InChI=1S/C21H23N3O4S2/c1-27-14-7-3-5-12(19(14)28-2)9-22-17(25)11-29-10-16-23-20(26)18-13-6-4-8-15(13)30-21(18)24-16/h3,5,7H,4,6,8-11H2,1-2H3,(H,22,25)(H,23,24,26). The van der Waals surface area contributed by atoms with Crippen LogP contribution in [0.3, 0.4) is 0 Å². The number of nitrogens with one attached hydrogen (secondary N) is 2. The Balaban J connectivity index is 1.33. The van der Waals surface area contributed by atoms with E-state index in [9.17, 15) is 9.59 Å². The van der Waals surface area contributed by atoms with Gasteiger partial charge in [0, 0.05) is 17.0 Å². The number of carbonyl (C=O) groups excluding carboxylic acids is 1. The van der Waals surface area contributed by atoms with Gasteiger partial charge in [0.05, 0.1) is 31.1 Å². The van der Waals surface area contributed by atoms with Crippen molar-refractivity contribution in [2.24, 2.45) is 0 Å². The molecule has 4 rings (SSSR count). The molecule has 1 aliphatic carbocycles. The minimum Gasteiger partial charge on any atom is -0.493 e. The van der Waals surface area contributed by atoms with E-state index in [-0.39, 0.29) is 17.2 Å². The van der Waals surface area contributed by atoms with E-state index in [2.05, 4.69) is 15.3 Å². The molecule has 9 heteroatoms. The molecule has 0 bridgehead atoms. The van der Waals surface area contributed by atoms with Crippen LogP contribution < -0.4 is 20.3 Å². The molecule has 0 fully saturated rings. The molecule has 2 heterocycles. The molecular formula is C21H23N3O4S2. The molecule has 1 aromatic carbocycles. The van der Waals surface area contributed by atoms with Gasteiger partial charge < -0.3 is 19.8 Å². The molecule has 1 amide bonds. The number of nitrogens with zero attached hydrogens (tertiary/aromatic N) is 1. The lowest BCUT2D eigenvalue weighted by Crippen LogP contribution is -2.25. The van der Waals surface area contributed by atoms with Crippen LogP contribution in [-0.2, 0) is 29.9 Å². The second-order valence-electron chi connectivity index (χ2n) is 6.97. The number of hydrogen-bond donors (Lipinski definition) is 2. The van der Waals surface area contributed by atoms with Gasteiger partial charge in [-0.25, -0.2) is 4.98 Å². The van der Waals surface area contributed by atoms with E-state index in [0.29, 0.717) is 29.6 Å². The summed E-state index contributed by atoms with van der Waals surface area (Å²) in [5.41, 5.74) is 1.96. The largest absolute Gasteiger partial charge is 0.493 e. The number of para-hydroxylation sites is 1. The summed E-state index contributed by atoms with van der Waals surface area (Å²) in [7, 11) is 3.16. The fourth-order valence-corrected chi connectivity index (χ4v) is 5.69. The number of thioether (sulfide) groups is 1. The Morgan fingerprint density at radius 2 is 2.17 bits per heavy atom. The first-order chi connectivity index (χ1) is 14.6. The van der Waals surface area contributed by atoms with E-state index >= 15 is 0 Å². The van der Waals surface area contributed by atoms with Crippen molar-refractivity contribution in [1.29, 1.82) is 0 Å². The van der Waals surface area contributed by atoms with E-state index < -0.39 is 0 Å².